The van der Waals surface area contributed by atoms with Crippen molar-refractivity contribution >= 4 is 56.3 Å². The zero-order chi connectivity index (χ0) is 24.2. The van der Waals surface area contributed by atoms with Crippen LogP contribution in [0.3, 0.4) is 0 Å². The Kier molecular flexibility index (Phi) is 6.99. The second kappa shape index (κ2) is 10.1. The Balaban J connectivity index is 1.52. The van der Waals surface area contributed by atoms with E-state index in [-0.39, 0.29) is 24.9 Å². The Morgan fingerprint density at radius 1 is 1.24 bits per heavy atom. The fraction of sp³-hybridized carbons (Fsp3) is 0.130. The number of hydrogen-bond acceptors (Lipinski definition) is 5. The fourth-order valence-electron chi connectivity index (χ4n) is 3.25. The molecule has 11 heteroatoms. The molecule has 0 aliphatic rings. The van der Waals surface area contributed by atoms with E-state index >= 15 is 0 Å². The summed E-state index contributed by atoms with van der Waals surface area (Å²) in [6.07, 6.45) is 3.60. The molecular formula is C23H19BrClN5O4. The van der Waals surface area contributed by atoms with E-state index in [0.29, 0.717) is 27.4 Å². The number of aromatic amines is 1. The van der Waals surface area contributed by atoms with Gasteiger partial charge in [0.2, 0.25) is 5.69 Å². The van der Waals surface area contributed by atoms with E-state index in [9.17, 15) is 14.4 Å². The van der Waals surface area contributed by atoms with Crippen molar-refractivity contribution in [3.05, 3.63) is 86.0 Å². The molecule has 0 atom stereocenters. The monoisotopic (exact) mass is 543 g/mol. The average Bonchev–Trinajstić information content (AvgIpc) is 3.26. The van der Waals surface area contributed by atoms with Gasteiger partial charge in [-0.05, 0) is 48.9 Å². The molecule has 0 saturated heterocycles. The van der Waals surface area contributed by atoms with E-state index < -0.39 is 11.5 Å². The van der Waals surface area contributed by atoms with Crippen LogP contribution < -0.4 is 16.2 Å². The number of nitrogens with one attached hydrogen (secondary N) is 3. The molecule has 174 valence electrons. The molecule has 4 aromatic rings. The van der Waals surface area contributed by atoms with E-state index in [2.05, 4.69) is 36.5 Å². The number of urea groups is 1. The number of halogens is 2. The number of esters is 1. The zero-order valence-corrected chi connectivity index (χ0v) is 20.2. The molecule has 2 aromatic carbocycles. The molecule has 9 nitrogen and oxygen atoms in total. The summed E-state index contributed by atoms with van der Waals surface area (Å²) in [6, 6.07) is 12.0. The maximum atomic E-state index is 12.2. The van der Waals surface area contributed by atoms with E-state index in [1.54, 1.807) is 42.0 Å². The van der Waals surface area contributed by atoms with Gasteiger partial charge in [-0.15, -0.1) is 0 Å². The standard InChI is InChI=1S/C23H19BrClN5O4/c1-2-34-22(32)20-21(31)29-17-9-16(25)19(10-18(17)28-20)30-7-6-13(12-30)11-26-23(33)27-15-5-3-4-14(24)8-15/h3-10,12H,2,11H2,1H3,(H,29,31)(H2,26,27,33). The maximum absolute atomic E-state index is 12.2. The highest BCUT2D eigenvalue weighted by atomic mass is 79.9. The van der Waals surface area contributed by atoms with Crippen LogP contribution in [0.25, 0.3) is 16.7 Å². The number of rotatable bonds is 6. The van der Waals surface area contributed by atoms with Crippen molar-refractivity contribution in [2.75, 3.05) is 11.9 Å². The number of ether oxygens (including phenoxy) is 1. The summed E-state index contributed by atoms with van der Waals surface area (Å²) in [5.74, 6) is -0.794. The lowest BCUT2D eigenvalue weighted by Crippen LogP contribution is -2.28. The third-order valence-corrected chi connectivity index (χ3v) is 5.59. The minimum absolute atomic E-state index is 0.130. The number of benzene rings is 2. The summed E-state index contributed by atoms with van der Waals surface area (Å²) < 4.78 is 7.52. The van der Waals surface area contributed by atoms with Gasteiger partial charge in [0.15, 0.2) is 0 Å². The first-order valence-electron chi connectivity index (χ1n) is 10.2. The number of aromatic nitrogens is 3. The lowest BCUT2D eigenvalue weighted by Gasteiger charge is -2.09. The number of nitrogens with zero attached hydrogens (tertiary/aromatic N) is 2. The first-order chi connectivity index (χ1) is 16.3. The van der Waals surface area contributed by atoms with Crippen molar-refractivity contribution in [1.29, 1.82) is 0 Å². The molecule has 2 amide bonds. The summed E-state index contributed by atoms with van der Waals surface area (Å²) in [6.45, 7) is 2.06. The number of carbonyl (C=O) groups is 2. The quantitative estimate of drug-likeness (QED) is 0.306. The van der Waals surface area contributed by atoms with Crippen molar-refractivity contribution in [3.63, 3.8) is 0 Å². The van der Waals surface area contributed by atoms with Crippen LogP contribution >= 0.6 is 27.5 Å². The van der Waals surface area contributed by atoms with E-state index in [1.165, 1.54) is 0 Å². The van der Waals surface area contributed by atoms with Crippen molar-refractivity contribution in [3.8, 4) is 5.69 Å². The fourth-order valence-corrected chi connectivity index (χ4v) is 3.91. The molecule has 34 heavy (non-hydrogen) atoms. The largest absolute Gasteiger partial charge is 0.461 e. The van der Waals surface area contributed by atoms with Gasteiger partial charge in [0.1, 0.15) is 0 Å². The lowest BCUT2D eigenvalue weighted by atomic mass is 10.2. The Morgan fingerprint density at radius 2 is 2.06 bits per heavy atom. The van der Waals surface area contributed by atoms with Gasteiger partial charge in [-0.25, -0.2) is 14.6 Å². The summed E-state index contributed by atoms with van der Waals surface area (Å²) in [5, 5.41) is 5.94. The van der Waals surface area contributed by atoms with Crippen LogP contribution in [0.2, 0.25) is 5.02 Å². The second-order valence-electron chi connectivity index (χ2n) is 7.20. The molecule has 2 aromatic heterocycles. The van der Waals surface area contributed by atoms with Gasteiger partial charge in [-0.1, -0.05) is 33.6 Å². The van der Waals surface area contributed by atoms with Gasteiger partial charge in [0.05, 0.1) is 28.4 Å². The van der Waals surface area contributed by atoms with Crippen LogP contribution in [0.15, 0.2) is 64.1 Å². The third kappa shape index (κ3) is 5.29. The number of hydrogen-bond donors (Lipinski definition) is 3. The molecule has 0 spiro atoms. The van der Waals surface area contributed by atoms with Crippen LogP contribution in [-0.2, 0) is 11.3 Å². The molecule has 2 heterocycles. The highest BCUT2D eigenvalue weighted by molar-refractivity contribution is 9.10. The molecule has 0 unspecified atom stereocenters. The van der Waals surface area contributed by atoms with E-state index in [0.717, 1.165) is 10.0 Å². The summed E-state index contributed by atoms with van der Waals surface area (Å²) in [5.41, 5.74) is 1.89. The Hall–Kier alpha value is -3.63. The Labute approximate surface area is 207 Å². The molecule has 0 saturated carbocycles. The molecule has 4 rings (SSSR count). The molecular weight excluding hydrogens is 526 g/mol. The van der Waals surface area contributed by atoms with Gasteiger partial charge in [-0.2, -0.15) is 0 Å². The maximum Gasteiger partial charge on any atom is 0.362 e. The van der Waals surface area contributed by atoms with Crippen molar-refractivity contribution < 1.29 is 14.3 Å². The average molecular weight is 545 g/mol. The van der Waals surface area contributed by atoms with Crippen LogP contribution in [0.4, 0.5) is 10.5 Å². The van der Waals surface area contributed by atoms with Gasteiger partial charge in [0.25, 0.3) is 5.56 Å². The number of fused-ring (bicyclic) bond motifs is 1. The van der Waals surface area contributed by atoms with Crippen molar-refractivity contribution in [1.82, 2.24) is 19.9 Å². The third-order valence-electron chi connectivity index (χ3n) is 4.80. The van der Waals surface area contributed by atoms with Crippen LogP contribution in [0, 0.1) is 0 Å². The lowest BCUT2D eigenvalue weighted by molar-refractivity contribution is 0.0517. The second-order valence-corrected chi connectivity index (χ2v) is 8.52. The van der Waals surface area contributed by atoms with Crippen LogP contribution in [0.1, 0.15) is 23.0 Å². The van der Waals surface area contributed by atoms with Gasteiger partial charge >= 0.3 is 12.0 Å². The highest BCUT2D eigenvalue weighted by Gasteiger charge is 2.16. The highest BCUT2D eigenvalue weighted by Crippen LogP contribution is 2.25. The topological polar surface area (TPSA) is 118 Å². The minimum atomic E-state index is -0.794. The summed E-state index contributed by atoms with van der Waals surface area (Å²) in [4.78, 5) is 43.2. The van der Waals surface area contributed by atoms with Crippen molar-refractivity contribution in [2.24, 2.45) is 0 Å². The van der Waals surface area contributed by atoms with Gasteiger partial charge in [0, 0.05) is 29.1 Å². The van der Waals surface area contributed by atoms with E-state index in [1.807, 2.05) is 24.4 Å². The van der Waals surface area contributed by atoms with Crippen molar-refractivity contribution in [2.45, 2.75) is 13.5 Å². The SMILES string of the molecule is CCOC(=O)c1nc2cc(-n3ccc(CNC(=O)Nc4cccc(Br)c4)c3)c(Cl)cc2[nH]c1=O. The number of carbonyl (C=O) groups excluding carboxylic acids is 2. The Morgan fingerprint density at radius 3 is 2.82 bits per heavy atom. The van der Waals surface area contributed by atoms with E-state index in [4.69, 9.17) is 16.3 Å². The summed E-state index contributed by atoms with van der Waals surface area (Å²) >= 11 is 9.80. The smallest absolute Gasteiger partial charge is 0.362 e. The molecule has 0 fully saturated rings. The van der Waals surface area contributed by atoms with Crippen LogP contribution in [0.5, 0.6) is 0 Å². The molecule has 3 N–H and O–H groups in total. The first-order valence-corrected chi connectivity index (χ1v) is 11.4. The van der Waals surface area contributed by atoms with Gasteiger partial charge < -0.3 is 24.9 Å². The molecule has 0 aliphatic carbocycles. The number of H-pyrrole nitrogens is 1. The summed E-state index contributed by atoms with van der Waals surface area (Å²) in [7, 11) is 0. The zero-order valence-electron chi connectivity index (χ0n) is 17.9. The predicted octanol–water partition coefficient (Wildman–Crippen LogP) is 4.63. The first kappa shape index (κ1) is 23.5. The molecule has 0 aliphatic heterocycles. The molecule has 0 bridgehead atoms. The minimum Gasteiger partial charge on any atom is -0.461 e. The molecule has 0 radical (unpaired) electrons. The predicted molar refractivity (Wildman–Crippen MR) is 133 cm³/mol. The van der Waals surface area contributed by atoms with Crippen LogP contribution in [-0.4, -0.2) is 33.1 Å². The number of anilines is 1. The Bertz CT molecular complexity index is 1450. The normalized spacial score (nSPS) is 10.8. The number of amides is 2. The van der Waals surface area contributed by atoms with Gasteiger partial charge in [-0.3, -0.25) is 4.79 Å².